The predicted octanol–water partition coefficient (Wildman–Crippen LogP) is 2.11. The molecule has 0 saturated carbocycles. The Morgan fingerprint density at radius 1 is 1.23 bits per heavy atom. The fourth-order valence-electron chi connectivity index (χ4n) is 2.42. The molecule has 0 spiro atoms. The van der Waals surface area contributed by atoms with Crippen molar-refractivity contribution in [3.63, 3.8) is 0 Å². The third-order valence-corrected chi connectivity index (χ3v) is 3.49. The van der Waals surface area contributed by atoms with Crippen LogP contribution in [0.25, 0.3) is 0 Å². The molecule has 22 heavy (non-hydrogen) atoms. The van der Waals surface area contributed by atoms with E-state index in [0.717, 1.165) is 37.3 Å². The Labute approximate surface area is 132 Å². The Kier molecular flexibility index (Phi) is 6.52. The first-order valence-electron chi connectivity index (χ1n) is 8.06. The summed E-state index contributed by atoms with van der Waals surface area (Å²) < 4.78 is 11.3. The van der Waals surface area contributed by atoms with Crippen LogP contribution in [0.15, 0.2) is 24.3 Å². The summed E-state index contributed by atoms with van der Waals surface area (Å²) in [4.78, 5) is 11.8. The lowest BCUT2D eigenvalue weighted by atomic mass is 10.1. The average Bonchev–Trinajstić information content (AvgIpc) is 2.69. The minimum absolute atomic E-state index is 0.0899. The highest BCUT2D eigenvalue weighted by molar-refractivity contribution is 5.81. The van der Waals surface area contributed by atoms with Gasteiger partial charge in [-0.3, -0.25) is 4.79 Å². The van der Waals surface area contributed by atoms with E-state index in [2.05, 4.69) is 10.6 Å². The van der Waals surface area contributed by atoms with Crippen LogP contribution in [0.3, 0.4) is 0 Å². The van der Waals surface area contributed by atoms with Crippen molar-refractivity contribution in [3.05, 3.63) is 24.3 Å². The average molecular weight is 306 g/mol. The van der Waals surface area contributed by atoms with Crippen LogP contribution in [0.5, 0.6) is 11.5 Å². The lowest BCUT2D eigenvalue weighted by molar-refractivity contribution is -0.122. The molecule has 1 aliphatic heterocycles. The van der Waals surface area contributed by atoms with Gasteiger partial charge >= 0.3 is 0 Å². The van der Waals surface area contributed by atoms with Crippen LogP contribution < -0.4 is 20.1 Å². The van der Waals surface area contributed by atoms with Crippen LogP contribution in [-0.4, -0.2) is 37.7 Å². The summed E-state index contributed by atoms with van der Waals surface area (Å²) in [6.07, 6.45) is 3.20. The Morgan fingerprint density at radius 2 is 1.95 bits per heavy atom. The Bertz CT molecular complexity index is 459. The molecule has 0 aromatic heterocycles. The second-order valence-corrected chi connectivity index (χ2v) is 5.78. The van der Waals surface area contributed by atoms with E-state index in [-0.39, 0.29) is 18.1 Å². The van der Waals surface area contributed by atoms with Gasteiger partial charge in [-0.2, -0.15) is 0 Å². The van der Waals surface area contributed by atoms with Gasteiger partial charge in [0.25, 0.3) is 0 Å². The van der Waals surface area contributed by atoms with Crippen molar-refractivity contribution < 1.29 is 14.3 Å². The molecule has 1 saturated heterocycles. The summed E-state index contributed by atoms with van der Waals surface area (Å²) in [5.74, 6) is 1.76. The number of carbonyl (C=O) groups is 1. The lowest BCUT2D eigenvalue weighted by Crippen LogP contribution is -2.44. The summed E-state index contributed by atoms with van der Waals surface area (Å²) in [6, 6.07) is 7.52. The molecular weight excluding hydrogens is 280 g/mol. The van der Waals surface area contributed by atoms with E-state index >= 15 is 0 Å². The Morgan fingerprint density at radius 3 is 2.68 bits per heavy atom. The van der Waals surface area contributed by atoms with Gasteiger partial charge in [-0.05, 0) is 57.4 Å². The zero-order valence-corrected chi connectivity index (χ0v) is 13.4. The summed E-state index contributed by atoms with van der Waals surface area (Å²) in [5, 5.41) is 6.18. The first kappa shape index (κ1) is 16.6. The fourth-order valence-corrected chi connectivity index (χ4v) is 2.42. The van der Waals surface area contributed by atoms with Gasteiger partial charge in [0.2, 0.25) is 5.91 Å². The number of amides is 1. The number of ether oxygens (including phenoxy) is 2. The molecule has 122 valence electrons. The zero-order valence-electron chi connectivity index (χ0n) is 13.4. The second kappa shape index (κ2) is 8.63. The minimum Gasteiger partial charge on any atom is -0.492 e. The van der Waals surface area contributed by atoms with E-state index in [1.165, 1.54) is 0 Å². The molecule has 1 amide bonds. The van der Waals surface area contributed by atoms with Crippen molar-refractivity contribution in [1.29, 1.82) is 0 Å². The number of nitrogens with one attached hydrogen (secondary N) is 2. The van der Waals surface area contributed by atoms with Gasteiger partial charge in [-0.1, -0.05) is 0 Å². The van der Waals surface area contributed by atoms with Crippen molar-refractivity contribution >= 4 is 5.91 Å². The molecule has 1 aromatic carbocycles. The highest BCUT2D eigenvalue weighted by atomic mass is 16.5. The molecule has 0 bridgehead atoms. The summed E-state index contributed by atoms with van der Waals surface area (Å²) in [5.41, 5.74) is 0. The van der Waals surface area contributed by atoms with Gasteiger partial charge < -0.3 is 20.1 Å². The highest BCUT2D eigenvalue weighted by Gasteiger charge is 2.19. The smallest absolute Gasteiger partial charge is 0.237 e. The second-order valence-electron chi connectivity index (χ2n) is 5.78. The maximum absolute atomic E-state index is 11.8. The zero-order chi connectivity index (χ0) is 15.8. The molecule has 1 atom stereocenters. The number of benzene rings is 1. The van der Waals surface area contributed by atoms with Crippen LogP contribution in [0.2, 0.25) is 0 Å². The maximum Gasteiger partial charge on any atom is 0.237 e. The summed E-state index contributed by atoms with van der Waals surface area (Å²) in [7, 11) is 0. The first-order chi connectivity index (χ1) is 10.6. The standard InChI is InChI=1S/C17H26N2O3/c1-13(2)22-15-8-6-14(7-9-15)21-12-11-18-16-5-3-4-10-19-17(16)20/h6-9,13,16,18H,3-5,10-12H2,1-2H3,(H,19,20)/t16-/m0/s1. The van der Waals surface area contributed by atoms with Crippen LogP contribution in [0.1, 0.15) is 33.1 Å². The third-order valence-electron chi connectivity index (χ3n) is 3.49. The molecule has 1 fully saturated rings. The first-order valence-corrected chi connectivity index (χ1v) is 8.06. The molecular formula is C17H26N2O3. The Balaban J connectivity index is 1.68. The van der Waals surface area contributed by atoms with E-state index in [0.29, 0.717) is 13.2 Å². The molecule has 0 aliphatic carbocycles. The molecule has 1 aliphatic rings. The number of carbonyl (C=O) groups excluding carboxylic acids is 1. The SMILES string of the molecule is CC(C)Oc1ccc(OCCN[C@H]2CCCCNC2=O)cc1. The molecule has 2 N–H and O–H groups in total. The highest BCUT2D eigenvalue weighted by Crippen LogP contribution is 2.18. The molecule has 0 unspecified atom stereocenters. The van der Waals surface area contributed by atoms with Crippen LogP contribution >= 0.6 is 0 Å². The van der Waals surface area contributed by atoms with E-state index < -0.39 is 0 Å². The molecule has 1 heterocycles. The molecule has 5 heteroatoms. The predicted molar refractivity (Wildman–Crippen MR) is 86.4 cm³/mol. The van der Waals surface area contributed by atoms with E-state index in [9.17, 15) is 4.79 Å². The van der Waals surface area contributed by atoms with Gasteiger partial charge in [0.15, 0.2) is 0 Å². The quantitative estimate of drug-likeness (QED) is 0.758. The van der Waals surface area contributed by atoms with E-state index in [4.69, 9.17) is 9.47 Å². The van der Waals surface area contributed by atoms with Gasteiger partial charge in [0.1, 0.15) is 18.1 Å². The summed E-state index contributed by atoms with van der Waals surface area (Å²) in [6.45, 7) is 5.98. The largest absolute Gasteiger partial charge is 0.492 e. The Hall–Kier alpha value is -1.75. The third kappa shape index (κ3) is 5.56. The van der Waals surface area contributed by atoms with Crippen molar-refractivity contribution in [2.24, 2.45) is 0 Å². The maximum atomic E-state index is 11.8. The lowest BCUT2D eigenvalue weighted by Gasteiger charge is -2.15. The van der Waals surface area contributed by atoms with Crippen molar-refractivity contribution in [2.75, 3.05) is 19.7 Å². The number of hydrogen-bond donors (Lipinski definition) is 2. The van der Waals surface area contributed by atoms with Crippen LogP contribution in [0, 0.1) is 0 Å². The topological polar surface area (TPSA) is 59.6 Å². The van der Waals surface area contributed by atoms with Crippen molar-refractivity contribution in [2.45, 2.75) is 45.3 Å². The van der Waals surface area contributed by atoms with Crippen molar-refractivity contribution in [1.82, 2.24) is 10.6 Å². The monoisotopic (exact) mass is 306 g/mol. The molecule has 2 rings (SSSR count). The van der Waals surface area contributed by atoms with Crippen LogP contribution in [-0.2, 0) is 4.79 Å². The summed E-state index contributed by atoms with van der Waals surface area (Å²) >= 11 is 0. The fraction of sp³-hybridized carbons (Fsp3) is 0.588. The van der Waals surface area contributed by atoms with E-state index in [1.807, 2.05) is 38.1 Å². The molecule has 0 radical (unpaired) electrons. The van der Waals surface area contributed by atoms with Crippen LogP contribution in [0.4, 0.5) is 0 Å². The van der Waals surface area contributed by atoms with E-state index in [1.54, 1.807) is 0 Å². The van der Waals surface area contributed by atoms with Gasteiger partial charge in [0.05, 0.1) is 12.1 Å². The minimum atomic E-state index is -0.0899. The number of hydrogen-bond acceptors (Lipinski definition) is 4. The normalized spacial score (nSPS) is 18.7. The van der Waals surface area contributed by atoms with Gasteiger partial charge in [-0.15, -0.1) is 0 Å². The number of rotatable bonds is 7. The van der Waals surface area contributed by atoms with Gasteiger partial charge in [0, 0.05) is 13.1 Å². The molecule has 1 aromatic rings. The molecule has 5 nitrogen and oxygen atoms in total. The van der Waals surface area contributed by atoms with Gasteiger partial charge in [-0.25, -0.2) is 0 Å². The van der Waals surface area contributed by atoms with Crippen molar-refractivity contribution in [3.8, 4) is 11.5 Å².